The quantitative estimate of drug-likeness (QED) is 0.552. The van der Waals surface area contributed by atoms with Gasteiger partial charge >= 0.3 is 6.18 Å². The molecule has 1 aliphatic carbocycles. The van der Waals surface area contributed by atoms with Crippen molar-refractivity contribution in [3.8, 4) is 11.5 Å². The largest absolute Gasteiger partial charge is 0.493 e. The number of benzene rings is 2. The van der Waals surface area contributed by atoms with Gasteiger partial charge in [0.2, 0.25) is 0 Å². The minimum Gasteiger partial charge on any atom is -0.493 e. The molecule has 148 valence electrons. The summed E-state index contributed by atoms with van der Waals surface area (Å²) in [6, 6.07) is 7.78. The summed E-state index contributed by atoms with van der Waals surface area (Å²) < 4.78 is 51.1. The van der Waals surface area contributed by atoms with Gasteiger partial charge in [0.05, 0.1) is 30.3 Å². The number of anilines is 1. The molecule has 0 aromatic heterocycles. The number of fused-ring (bicyclic) bond motifs is 3. The number of hydrogen-bond acceptors (Lipinski definition) is 3. The first kappa shape index (κ1) is 19.2. The number of alkyl halides is 3. The summed E-state index contributed by atoms with van der Waals surface area (Å²) in [6.07, 6.45) is 0.518. The second-order valence-electron chi connectivity index (χ2n) is 7.01. The third-order valence-electron chi connectivity index (χ3n) is 5.51. The van der Waals surface area contributed by atoms with Crippen molar-refractivity contribution in [1.82, 2.24) is 0 Å². The predicted molar refractivity (Wildman–Crippen MR) is 105 cm³/mol. The SMILES string of the molecule is COc1cc([C@@H]2Nc3ccc(C(F)(F)F)cc3[C@@H]3C=CC[C@@H]32)cc(Br)c1OC. The van der Waals surface area contributed by atoms with Crippen LogP contribution in [-0.4, -0.2) is 14.2 Å². The van der Waals surface area contributed by atoms with Crippen LogP contribution in [0.2, 0.25) is 0 Å². The molecule has 1 N–H and O–H groups in total. The second kappa shape index (κ2) is 7.03. The summed E-state index contributed by atoms with van der Waals surface area (Å²) in [5, 5.41) is 3.45. The molecule has 0 fully saturated rings. The Morgan fingerprint density at radius 1 is 1.11 bits per heavy atom. The minimum atomic E-state index is -4.35. The molecule has 0 unspecified atom stereocenters. The number of allylic oxidation sites excluding steroid dienone is 2. The van der Waals surface area contributed by atoms with Gasteiger partial charge in [0.25, 0.3) is 0 Å². The van der Waals surface area contributed by atoms with Crippen LogP contribution in [0.25, 0.3) is 0 Å². The highest BCUT2D eigenvalue weighted by Gasteiger charge is 2.40. The lowest BCUT2D eigenvalue weighted by Crippen LogP contribution is -2.29. The molecule has 1 heterocycles. The molecule has 7 heteroatoms. The lowest BCUT2D eigenvalue weighted by Gasteiger charge is -2.38. The molecule has 2 aliphatic rings. The molecule has 3 atom stereocenters. The third-order valence-corrected chi connectivity index (χ3v) is 6.09. The second-order valence-corrected chi connectivity index (χ2v) is 7.87. The summed E-state index contributed by atoms with van der Waals surface area (Å²) in [6.45, 7) is 0. The van der Waals surface area contributed by atoms with Crippen LogP contribution in [-0.2, 0) is 6.18 Å². The summed E-state index contributed by atoms with van der Waals surface area (Å²) in [7, 11) is 3.16. The van der Waals surface area contributed by atoms with Gasteiger partial charge in [-0.2, -0.15) is 13.2 Å². The average molecular weight is 454 g/mol. The van der Waals surface area contributed by atoms with Crippen molar-refractivity contribution in [2.75, 3.05) is 19.5 Å². The monoisotopic (exact) mass is 453 g/mol. The molecule has 0 amide bonds. The molecular formula is C21H19BrF3NO2. The van der Waals surface area contributed by atoms with Gasteiger partial charge in [-0.3, -0.25) is 0 Å². The Kier molecular flexibility index (Phi) is 4.81. The Morgan fingerprint density at radius 2 is 1.89 bits per heavy atom. The van der Waals surface area contributed by atoms with Gasteiger partial charge < -0.3 is 14.8 Å². The van der Waals surface area contributed by atoms with Crippen LogP contribution in [0.5, 0.6) is 11.5 Å². The van der Waals surface area contributed by atoms with Crippen molar-refractivity contribution >= 4 is 21.6 Å². The van der Waals surface area contributed by atoms with Crippen molar-refractivity contribution < 1.29 is 22.6 Å². The van der Waals surface area contributed by atoms with Crippen LogP contribution in [0.3, 0.4) is 0 Å². The zero-order chi connectivity index (χ0) is 20.1. The van der Waals surface area contributed by atoms with E-state index in [0.29, 0.717) is 17.1 Å². The number of hydrogen-bond donors (Lipinski definition) is 1. The Hall–Kier alpha value is -2.15. The maximum absolute atomic E-state index is 13.2. The molecular weight excluding hydrogens is 435 g/mol. The highest BCUT2D eigenvalue weighted by atomic mass is 79.9. The van der Waals surface area contributed by atoms with E-state index >= 15 is 0 Å². The molecule has 3 nitrogen and oxygen atoms in total. The first-order valence-electron chi connectivity index (χ1n) is 8.89. The summed E-state index contributed by atoms with van der Waals surface area (Å²) in [5.74, 6) is 1.28. The number of nitrogens with one attached hydrogen (secondary N) is 1. The summed E-state index contributed by atoms with van der Waals surface area (Å²) in [4.78, 5) is 0. The van der Waals surface area contributed by atoms with Crippen LogP contribution < -0.4 is 14.8 Å². The van der Waals surface area contributed by atoms with Gasteiger partial charge in [-0.05, 0) is 69.7 Å². The predicted octanol–water partition coefficient (Wildman–Crippen LogP) is 6.31. The van der Waals surface area contributed by atoms with Gasteiger partial charge in [-0.25, -0.2) is 0 Å². The number of halogens is 4. The fourth-order valence-corrected chi connectivity index (χ4v) is 4.84. The van der Waals surface area contributed by atoms with E-state index in [2.05, 4.69) is 27.3 Å². The summed E-state index contributed by atoms with van der Waals surface area (Å²) >= 11 is 3.53. The lowest BCUT2D eigenvalue weighted by atomic mass is 9.76. The van der Waals surface area contributed by atoms with E-state index in [1.54, 1.807) is 14.2 Å². The molecule has 0 saturated heterocycles. The van der Waals surface area contributed by atoms with E-state index in [-0.39, 0.29) is 17.9 Å². The van der Waals surface area contributed by atoms with Gasteiger partial charge in [0.15, 0.2) is 11.5 Å². The molecule has 28 heavy (non-hydrogen) atoms. The Labute approximate surface area is 169 Å². The van der Waals surface area contributed by atoms with E-state index in [1.807, 2.05) is 18.2 Å². The standard InChI is InChI=1S/C21H19BrF3NO2/c1-27-18-9-11(8-16(22)20(18)28-2)19-14-5-3-4-13(14)15-10-12(21(23,24)25)6-7-17(15)26-19/h3-4,6-10,13-14,19,26H,5H2,1-2H3/t13-,14+,19+/m1/s1. The molecule has 4 rings (SSSR count). The maximum Gasteiger partial charge on any atom is 0.416 e. The fourth-order valence-electron chi connectivity index (χ4n) is 4.22. The van der Waals surface area contributed by atoms with E-state index in [4.69, 9.17) is 9.47 Å². The Morgan fingerprint density at radius 3 is 2.57 bits per heavy atom. The average Bonchev–Trinajstić information content (AvgIpc) is 3.15. The first-order chi connectivity index (χ1) is 13.3. The summed E-state index contributed by atoms with van der Waals surface area (Å²) in [5.41, 5.74) is 1.81. The van der Waals surface area contributed by atoms with Gasteiger partial charge in [-0.1, -0.05) is 12.2 Å². The van der Waals surface area contributed by atoms with Gasteiger partial charge in [0.1, 0.15) is 0 Å². The van der Waals surface area contributed by atoms with Crippen molar-refractivity contribution in [1.29, 1.82) is 0 Å². The molecule has 0 bridgehead atoms. The smallest absolute Gasteiger partial charge is 0.416 e. The van der Waals surface area contributed by atoms with Crippen LogP contribution in [0.15, 0.2) is 47.0 Å². The number of rotatable bonds is 3. The topological polar surface area (TPSA) is 30.5 Å². The van der Waals surface area contributed by atoms with Crippen LogP contribution >= 0.6 is 15.9 Å². The molecule has 2 aromatic rings. The van der Waals surface area contributed by atoms with E-state index in [9.17, 15) is 13.2 Å². The maximum atomic E-state index is 13.2. The van der Waals surface area contributed by atoms with Crippen molar-refractivity contribution in [3.05, 3.63) is 63.6 Å². The number of methoxy groups -OCH3 is 2. The molecule has 0 radical (unpaired) electrons. The van der Waals surface area contributed by atoms with Crippen LogP contribution in [0.1, 0.15) is 35.1 Å². The normalized spacial score (nSPS) is 23.0. The number of ether oxygens (including phenoxy) is 2. The van der Waals surface area contributed by atoms with Crippen molar-refractivity contribution in [2.24, 2.45) is 5.92 Å². The highest BCUT2D eigenvalue weighted by Crippen LogP contribution is 2.52. The van der Waals surface area contributed by atoms with E-state index < -0.39 is 11.7 Å². The Balaban J connectivity index is 1.77. The van der Waals surface area contributed by atoms with Crippen molar-refractivity contribution in [3.63, 3.8) is 0 Å². The van der Waals surface area contributed by atoms with Crippen molar-refractivity contribution in [2.45, 2.75) is 24.6 Å². The molecule has 2 aromatic carbocycles. The zero-order valence-corrected chi connectivity index (χ0v) is 16.9. The van der Waals surface area contributed by atoms with Crippen LogP contribution in [0, 0.1) is 5.92 Å². The van der Waals surface area contributed by atoms with Gasteiger partial charge in [0, 0.05) is 11.6 Å². The molecule has 0 saturated carbocycles. The third kappa shape index (κ3) is 3.15. The first-order valence-corrected chi connectivity index (χ1v) is 9.68. The fraction of sp³-hybridized carbons (Fsp3) is 0.333. The minimum absolute atomic E-state index is 0.0552. The van der Waals surface area contributed by atoms with E-state index in [0.717, 1.165) is 28.2 Å². The molecule has 0 spiro atoms. The van der Waals surface area contributed by atoms with Crippen LogP contribution in [0.4, 0.5) is 18.9 Å². The van der Waals surface area contributed by atoms with E-state index in [1.165, 1.54) is 12.1 Å². The Bertz CT molecular complexity index is 942. The lowest BCUT2D eigenvalue weighted by molar-refractivity contribution is -0.137. The highest BCUT2D eigenvalue weighted by molar-refractivity contribution is 9.10. The molecule has 1 aliphatic heterocycles. The zero-order valence-electron chi connectivity index (χ0n) is 15.3. The van der Waals surface area contributed by atoms with Gasteiger partial charge in [-0.15, -0.1) is 0 Å².